The minimum atomic E-state index is -0.146. The average Bonchev–Trinajstić information content (AvgIpc) is 2.89. The minimum Gasteiger partial charge on any atom is -0.284 e. The van der Waals surface area contributed by atoms with Crippen LogP contribution >= 0.6 is 23.2 Å². The zero-order chi connectivity index (χ0) is 21.1. The first-order valence-electron chi connectivity index (χ1n) is 10.5. The zero-order valence-corrected chi connectivity index (χ0v) is 18.5. The quantitative estimate of drug-likeness (QED) is 0.681. The lowest BCUT2D eigenvalue weighted by Crippen LogP contribution is -2.46. The Morgan fingerprint density at radius 1 is 1.00 bits per heavy atom. The summed E-state index contributed by atoms with van der Waals surface area (Å²) in [5.41, 5.74) is 5.41. The Labute approximate surface area is 187 Å². The van der Waals surface area contributed by atoms with E-state index in [1.54, 1.807) is 0 Å². The molecule has 30 heavy (non-hydrogen) atoms. The third-order valence-electron chi connectivity index (χ3n) is 5.79. The van der Waals surface area contributed by atoms with E-state index in [-0.39, 0.29) is 17.9 Å². The van der Waals surface area contributed by atoms with Crippen LogP contribution in [0.25, 0.3) is 0 Å². The van der Waals surface area contributed by atoms with E-state index < -0.39 is 0 Å². The number of nitrogens with one attached hydrogen (secondary N) is 1. The van der Waals surface area contributed by atoms with Crippen LogP contribution in [0.5, 0.6) is 0 Å². The van der Waals surface area contributed by atoms with Gasteiger partial charge in [-0.15, -0.1) is 0 Å². The summed E-state index contributed by atoms with van der Waals surface area (Å²) < 4.78 is 0. The first kappa shape index (κ1) is 21.2. The van der Waals surface area contributed by atoms with Crippen molar-refractivity contribution in [2.24, 2.45) is 11.0 Å². The van der Waals surface area contributed by atoms with Crippen molar-refractivity contribution in [2.75, 3.05) is 18.1 Å². The van der Waals surface area contributed by atoms with Crippen molar-refractivity contribution in [1.29, 1.82) is 0 Å². The number of hydrogen-bond acceptors (Lipinski definition) is 4. The zero-order valence-electron chi connectivity index (χ0n) is 17.0. The number of halogens is 2. The lowest BCUT2D eigenvalue weighted by atomic mass is 9.91. The highest BCUT2D eigenvalue weighted by molar-refractivity contribution is 6.40. The van der Waals surface area contributed by atoms with Crippen molar-refractivity contribution >= 4 is 40.5 Å². The van der Waals surface area contributed by atoms with Gasteiger partial charge in [0.05, 0.1) is 16.8 Å². The van der Waals surface area contributed by atoms with Crippen LogP contribution in [0.4, 0.5) is 5.69 Å². The van der Waals surface area contributed by atoms with E-state index in [0.717, 1.165) is 37.2 Å². The standard InChI is InChI=1S/C23H26Cl2N4O/c1-16-21(23(30)27-28-14-6-2-3-7-15-28)26-29(20-9-5-4-8-19(20)25)22(16)17-10-12-18(24)13-11-17/h4-5,8-13,16,22H,2-3,6-7,14-15H2,1H3,(H,27,30)/t16-,22+/m0/s1. The summed E-state index contributed by atoms with van der Waals surface area (Å²) in [6.45, 7) is 3.79. The maximum Gasteiger partial charge on any atom is 0.282 e. The van der Waals surface area contributed by atoms with Crippen molar-refractivity contribution in [3.8, 4) is 0 Å². The van der Waals surface area contributed by atoms with Crippen molar-refractivity contribution in [2.45, 2.75) is 38.6 Å². The Balaban J connectivity index is 1.65. The highest BCUT2D eigenvalue weighted by atomic mass is 35.5. The molecule has 5 nitrogen and oxygen atoms in total. The van der Waals surface area contributed by atoms with Crippen molar-refractivity contribution in [1.82, 2.24) is 10.4 Å². The third-order valence-corrected chi connectivity index (χ3v) is 6.36. The molecule has 0 aromatic heterocycles. The molecule has 158 valence electrons. The minimum absolute atomic E-state index is 0.116. The second-order valence-corrected chi connectivity index (χ2v) is 8.75. The smallest absolute Gasteiger partial charge is 0.282 e. The molecule has 1 N–H and O–H groups in total. The SMILES string of the molecule is C[C@H]1C(C(=O)NN2CCCCCC2)=NN(c2ccccc2Cl)[C@H]1c1ccc(Cl)cc1. The normalized spacial score (nSPS) is 22.5. The van der Waals surface area contributed by atoms with E-state index in [9.17, 15) is 4.79 Å². The topological polar surface area (TPSA) is 47.9 Å². The molecular formula is C23H26Cl2N4O. The Morgan fingerprint density at radius 3 is 2.33 bits per heavy atom. The number of carbonyl (C=O) groups is 1. The molecule has 0 spiro atoms. The highest BCUT2D eigenvalue weighted by Crippen LogP contribution is 2.41. The predicted octanol–water partition coefficient (Wildman–Crippen LogP) is 5.45. The van der Waals surface area contributed by atoms with Crippen LogP contribution in [0.1, 0.15) is 44.2 Å². The lowest BCUT2D eigenvalue weighted by molar-refractivity contribution is -0.119. The van der Waals surface area contributed by atoms with Gasteiger partial charge in [0.2, 0.25) is 0 Å². The molecule has 2 aromatic carbocycles. The molecule has 1 fully saturated rings. The molecule has 0 aliphatic carbocycles. The number of carbonyl (C=O) groups excluding carboxylic acids is 1. The van der Waals surface area contributed by atoms with Gasteiger partial charge in [-0.2, -0.15) is 5.10 Å². The number of para-hydroxylation sites is 1. The maximum absolute atomic E-state index is 13.2. The van der Waals surface area contributed by atoms with Gasteiger partial charge in [-0.25, -0.2) is 5.01 Å². The molecule has 0 unspecified atom stereocenters. The summed E-state index contributed by atoms with van der Waals surface area (Å²) >= 11 is 12.6. The van der Waals surface area contributed by atoms with Crippen LogP contribution in [0.3, 0.4) is 0 Å². The molecule has 1 saturated heterocycles. The van der Waals surface area contributed by atoms with Gasteiger partial charge in [0.1, 0.15) is 5.71 Å². The largest absolute Gasteiger partial charge is 0.284 e. The second-order valence-electron chi connectivity index (χ2n) is 7.91. The lowest BCUT2D eigenvalue weighted by Gasteiger charge is -2.27. The fourth-order valence-corrected chi connectivity index (χ4v) is 4.55. The molecule has 2 heterocycles. The molecule has 2 aliphatic rings. The van der Waals surface area contributed by atoms with Crippen LogP contribution in [-0.4, -0.2) is 29.7 Å². The number of hydrazine groups is 1. The molecular weight excluding hydrogens is 419 g/mol. The average molecular weight is 445 g/mol. The molecule has 4 rings (SSSR count). The van der Waals surface area contributed by atoms with Gasteiger partial charge in [0, 0.05) is 24.0 Å². The van der Waals surface area contributed by atoms with Crippen molar-refractivity contribution in [3.63, 3.8) is 0 Å². The molecule has 7 heteroatoms. The van der Waals surface area contributed by atoms with E-state index in [0.29, 0.717) is 15.8 Å². The van der Waals surface area contributed by atoms with Crippen LogP contribution < -0.4 is 10.4 Å². The van der Waals surface area contributed by atoms with E-state index in [1.165, 1.54) is 12.8 Å². The first-order valence-corrected chi connectivity index (χ1v) is 11.2. The Bertz CT molecular complexity index is 923. The van der Waals surface area contributed by atoms with Gasteiger partial charge in [-0.3, -0.25) is 15.2 Å². The number of amides is 1. The van der Waals surface area contributed by atoms with Crippen molar-refractivity contribution in [3.05, 3.63) is 64.1 Å². The summed E-state index contributed by atoms with van der Waals surface area (Å²) in [4.78, 5) is 13.2. The van der Waals surface area contributed by atoms with E-state index >= 15 is 0 Å². The summed E-state index contributed by atoms with van der Waals surface area (Å²) in [6, 6.07) is 15.1. The Kier molecular flexibility index (Phi) is 6.61. The van der Waals surface area contributed by atoms with Gasteiger partial charge >= 0.3 is 0 Å². The number of anilines is 1. The molecule has 0 saturated carbocycles. The summed E-state index contributed by atoms with van der Waals surface area (Å²) in [5.74, 6) is -0.257. The molecule has 1 amide bonds. The Hall–Kier alpha value is -2.08. The van der Waals surface area contributed by atoms with Gasteiger partial charge in [-0.05, 0) is 42.7 Å². The Morgan fingerprint density at radius 2 is 1.67 bits per heavy atom. The summed E-state index contributed by atoms with van der Waals surface area (Å²) in [6.07, 6.45) is 4.62. The van der Waals surface area contributed by atoms with Crippen LogP contribution in [0.2, 0.25) is 10.0 Å². The molecule has 2 atom stereocenters. The van der Waals surface area contributed by atoms with E-state index in [2.05, 4.69) is 5.43 Å². The van der Waals surface area contributed by atoms with Crippen LogP contribution in [-0.2, 0) is 4.79 Å². The summed E-state index contributed by atoms with van der Waals surface area (Å²) in [5, 5.41) is 9.93. The maximum atomic E-state index is 13.2. The fraction of sp³-hybridized carbons (Fsp3) is 0.391. The highest BCUT2D eigenvalue weighted by Gasteiger charge is 2.40. The first-order chi connectivity index (χ1) is 14.5. The van der Waals surface area contributed by atoms with Crippen molar-refractivity contribution < 1.29 is 4.79 Å². The van der Waals surface area contributed by atoms with Gasteiger partial charge in [0.15, 0.2) is 0 Å². The monoisotopic (exact) mass is 444 g/mol. The fourth-order valence-electron chi connectivity index (χ4n) is 4.20. The van der Waals surface area contributed by atoms with E-state index in [4.69, 9.17) is 28.3 Å². The summed E-state index contributed by atoms with van der Waals surface area (Å²) in [7, 11) is 0. The molecule has 0 bridgehead atoms. The van der Waals surface area contributed by atoms with Crippen LogP contribution in [0.15, 0.2) is 53.6 Å². The molecule has 2 aromatic rings. The predicted molar refractivity (Wildman–Crippen MR) is 123 cm³/mol. The number of rotatable bonds is 4. The van der Waals surface area contributed by atoms with Crippen LogP contribution in [0, 0.1) is 5.92 Å². The van der Waals surface area contributed by atoms with Gasteiger partial charge in [0.25, 0.3) is 5.91 Å². The number of nitrogens with zero attached hydrogens (tertiary/aromatic N) is 3. The van der Waals surface area contributed by atoms with E-state index in [1.807, 2.05) is 65.5 Å². The number of benzene rings is 2. The van der Waals surface area contributed by atoms with Gasteiger partial charge < -0.3 is 0 Å². The number of hydrogen-bond donors (Lipinski definition) is 1. The molecule has 0 radical (unpaired) electrons. The number of hydrazone groups is 1. The second kappa shape index (κ2) is 9.38. The molecule has 2 aliphatic heterocycles. The van der Waals surface area contributed by atoms with Gasteiger partial charge in [-0.1, -0.05) is 67.2 Å². The third kappa shape index (κ3) is 4.48.